The highest BCUT2D eigenvalue weighted by molar-refractivity contribution is 6.30. The number of benzene rings is 1. The number of hydrogen-bond donors (Lipinski definition) is 2. The molecule has 0 spiro atoms. The summed E-state index contributed by atoms with van der Waals surface area (Å²) in [4.78, 5) is 26.6. The predicted octanol–water partition coefficient (Wildman–Crippen LogP) is 1.97. The molecule has 0 bridgehead atoms. The van der Waals surface area contributed by atoms with Crippen molar-refractivity contribution in [3.05, 3.63) is 46.1 Å². The first-order valence-corrected chi connectivity index (χ1v) is 8.46. The first-order chi connectivity index (χ1) is 11.6. The van der Waals surface area contributed by atoms with Gasteiger partial charge in [-0.25, -0.2) is 4.79 Å². The lowest BCUT2D eigenvalue weighted by atomic mass is 9.96. The summed E-state index contributed by atoms with van der Waals surface area (Å²) in [6, 6.07) is 6.44. The standard InChI is InChI=1S/C17H18ClN3O3/c18-11-5-3-10(4-6-11)15-14-13(19-17(23)20-15)9-21(16(14)22)8-12-2-1-7-24-12/h3-6,12,15H,1-2,7-9H2,(H2,19,20,23)/t12-,15+/m1/s1. The Labute approximate surface area is 144 Å². The van der Waals surface area contributed by atoms with Gasteiger partial charge in [-0.15, -0.1) is 0 Å². The van der Waals surface area contributed by atoms with Gasteiger partial charge in [-0.2, -0.15) is 0 Å². The van der Waals surface area contributed by atoms with Crippen molar-refractivity contribution in [2.24, 2.45) is 0 Å². The Morgan fingerprint density at radius 3 is 2.75 bits per heavy atom. The third kappa shape index (κ3) is 2.76. The summed E-state index contributed by atoms with van der Waals surface area (Å²) in [5, 5.41) is 6.23. The van der Waals surface area contributed by atoms with Gasteiger partial charge < -0.3 is 20.3 Å². The Kier molecular flexibility index (Phi) is 3.94. The van der Waals surface area contributed by atoms with Crippen molar-refractivity contribution in [2.45, 2.75) is 25.0 Å². The molecule has 2 atom stereocenters. The molecule has 7 heteroatoms. The van der Waals surface area contributed by atoms with Gasteiger partial charge in [0.05, 0.1) is 30.0 Å². The number of nitrogens with zero attached hydrogens (tertiary/aromatic N) is 1. The van der Waals surface area contributed by atoms with E-state index in [1.165, 1.54) is 0 Å². The fraction of sp³-hybridized carbons (Fsp3) is 0.412. The zero-order valence-corrected chi connectivity index (χ0v) is 13.8. The van der Waals surface area contributed by atoms with Crippen LogP contribution < -0.4 is 10.6 Å². The smallest absolute Gasteiger partial charge is 0.319 e. The molecule has 1 aromatic carbocycles. The minimum absolute atomic E-state index is 0.0482. The highest BCUT2D eigenvalue weighted by atomic mass is 35.5. The fourth-order valence-electron chi connectivity index (χ4n) is 3.52. The predicted molar refractivity (Wildman–Crippen MR) is 88.4 cm³/mol. The first-order valence-electron chi connectivity index (χ1n) is 8.09. The summed E-state index contributed by atoms with van der Waals surface area (Å²) in [5.74, 6) is -0.0482. The quantitative estimate of drug-likeness (QED) is 0.878. The molecular weight excluding hydrogens is 330 g/mol. The van der Waals surface area contributed by atoms with Gasteiger partial charge in [-0.05, 0) is 30.5 Å². The van der Waals surface area contributed by atoms with Gasteiger partial charge in [-0.1, -0.05) is 23.7 Å². The van der Waals surface area contributed by atoms with Gasteiger partial charge in [0.25, 0.3) is 5.91 Å². The number of nitrogens with one attached hydrogen (secondary N) is 2. The molecule has 0 saturated carbocycles. The van der Waals surface area contributed by atoms with Crippen LogP contribution in [0.3, 0.4) is 0 Å². The molecule has 3 aliphatic rings. The van der Waals surface area contributed by atoms with Crippen LogP contribution in [0.5, 0.6) is 0 Å². The van der Waals surface area contributed by atoms with Gasteiger partial charge in [0.1, 0.15) is 0 Å². The Morgan fingerprint density at radius 2 is 2.04 bits per heavy atom. The zero-order valence-electron chi connectivity index (χ0n) is 13.0. The van der Waals surface area contributed by atoms with Crippen molar-refractivity contribution in [2.75, 3.05) is 19.7 Å². The van der Waals surface area contributed by atoms with E-state index in [1.807, 2.05) is 12.1 Å². The lowest BCUT2D eigenvalue weighted by molar-refractivity contribution is -0.127. The summed E-state index contributed by atoms with van der Waals surface area (Å²) >= 11 is 5.94. The molecule has 3 heterocycles. The maximum absolute atomic E-state index is 12.9. The average Bonchev–Trinajstić information content (AvgIpc) is 3.17. The number of ether oxygens (including phenoxy) is 1. The van der Waals surface area contributed by atoms with Crippen LogP contribution in [0.2, 0.25) is 5.02 Å². The minimum atomic E-state index is -0.451. The number of carbonyl (C=O) groups is 2. The summed E-state index contributed by atoms with van der Waals surface area (Å²) < 4.78 is 5.63. The Balaban J connectivity index is 1.60. The summed E-state index contributed by atoms with van der Waals surface area (Å²) in [6.07, 6.45) is 2.10. The van der Waals surface area contributed by atoms with Crippen LogP contribution in [0.1, 0.15) is 24.4 Å². The third-order valence-corrected chi connectivity index (χ3v) is 4.92. The van der Waals surface area contributed by atoms with Crippen LogP contribution in [-0.4, -0.2) is 42.6 Å². The Bertz CT molecular complexity index is 710. The fourth-order valence-corrected chi connectivity index (χ4v) is 3.64. The molecule has 126 valence electrons. The second-order valence-electron chi connectivity index (χ2n) is 6.30. The molecule has 4 rings (SSSR count). The van der Waals surface area contributed by atoms with E-state index in [1.54, 1.807) is 17.0 Å². The van der Waals surface area contributed by atoms with Gasteiger partial charge in [0.2, 0.25) is 0 Å². The van der Waals surface area contributed by atoms with E-state index in [0.717, 1.165) is 25.0 Å². The number of halogens is 1. The van der Waals surface area contributed by atoms with E-state index in [-0.39, 0.29) is 18.0 Å². The molecule has 0 radical (unpaired) electrons. The highest BCUT2D eigenvalue weighted by Crippen LogP contribution is 2.33. The highest BCUT2D eigenvalue weighted by Gasteiger charge is 2.41. The van der Waals surface area contributed by atoms with Crippen molar-refractivity contribution in [3.8, 4) is 0 Å². The van der Waals surface area contributed by atoms with Gasteiger partial charge in [0.15, 0.2) is 0 Å². The molecule has 0 aromatic heterocycles. The number of carbonyl (C=O) groups excluding carboxylic acids is 2. The second kappa shape index (κ2) is 6.11. The molecular formula is C17H18ClN3O3. The molecule has 6 nitrogen and oxygen atoms in total. The van der Waals surface area contributed by atoms with Crippen molar-refractivity contribution < 1.29 is 14.3 Å². The van der Waals surface area contributed by atoms with E-state index in [2.05, 4.69) is 10.6 Å². The first kappa shape index (κ1) is 15.5. The van der Waals surface area contributed by atoms with E-state index in [4.69, 9.17) is 16.3 Å². The number of amides is 3. The summed E-state index contributed by atoms with van der Waals surface area (Å²) in [7, 11) is 0. The Morgan fingerprint density at radius 1 is 1.25 bits per heavy atom. The normalized spacial score (nSPS) is 26.5. The van der Waals surface area contributed by atoms with Gasteiger partial charge >= 0.3 is 6.03 Å². The van der Waals surface area contributed by atoms with E-state index < -0.39 is 6.04 Å². The van der Waals surface area contributed by atoms with Crippen LogP contribution >= 0.6 is 11.6 Å². The maximum atomic E-state index is 12.9. The third-order valence-electron chi connectivity index (χ3n) is 4.67. The van der Waals surface area contributed by atoms with Crippen LogP contribution in [0, 0.1) is 0 Å². The largest absolute Gasteiger partial charge is 0.376 e. The number of rotatable bonds is 3. The molecule has 24 heavy (non-hydrogen) atoms. The van der Waals surface area contributed by atoms with Crippen LogP contribution in [0.4, 0.5) is 4.79 Å². The van der Waals surface area contributed by atoms with E-state index in [0.29, 0.717) is 29.4 Å². The molecule has 0 unspecified atom stereocenters. The summed E-state index contributed by atoms with van der Waals surface area (Å²) in [6.45, 7) is 1.74. The van der Waals surface area contributed by atoms with Crippen molar-refractivity contribution in [1.29, 1.82) is 0 Å². The number of urea groups is 1. The lowest BCUT2D eigenvalue weighted by Crippen LogP contribution is -2.44. The van der Waals surface area contributed by atoms with Gasteiger partial charge in [-0.3, -0.25) is 4.79 Å². The monoisotopic (exact) mass is 347 g/mol. The molecule has 1 aromatic rings. The van der Waals surface area contributed by atoms with E-state index >= 15 is 0 Å². The molecule has 1 saturated heterocycles. The second-order valence-corrected chi connectivity index (χ2v) is 6.73. The molecule has 3 amide bonds. The summed E-state index contributed by atoms with van der Waals surface area (Å²) in [5.41, 5.74) is 2.13. The molecule has 2 N–H and O–H groups in total. The van der Waals surface area contributed by atoms with E-state index in [9.17, 15) is 9.59 Å². The number of hydrogen-bond acceptors (Lipinski definition) is 3. The molecule has 1 fully saturated rings. The van der Waals surface area contributed by atoms with Crippen LogP contribution in [0.15, 0.2) is 35.5 Å². The zero-order chi connectivity index (χ0) is 16.7. The molecule has 3 aliphatic heterocycles. The van der Waals surface area contributed by atoms with Crippen LogP contribution in [0.25, 0.3) is 0 Å². The topological polar surface area (TPSA) is 70.7 Å². The average molecular weight is 348 g/mol. The maximum Gasteiger partial charge on any atom is 0.319 e. The van der Waals surface area contributed by atoms with Crippen LogP contribution in [-0.2, 0) is 9.53 Å². The minimum Gasteiger partial charge on any atom is -0.376 e. The molecule has 0 aliphatic carbocycles. The Hall–Kier alpha value is -2.05. The lowest BCUT2D eigenvalue weighted by Gasteiger charge is -2.25. The van der Waals surface area contributed by atoms with Crippen molar-refractivity contribution in [1.82, 2.24) is 15.5 Å². The SMILES string of the molecule is O=C1NC2=C(C(=O)N(C[C@H]3CCCO3)C2)[C@H](c2ccc(Cl)cc2)N1. The van der Waals surface area contributed by atoms with Crippen molar-refractivity contribution >= 4 is 23.5 Å². The van der Waals surface area contributed by atoms with Gasteiger partial charge in [0, 0.05) is 18.2 Å². The van der Waals surface area contributed by atoms with Crippen molar-refractivity contribution in [3.63, 3.8) is 0 Å².